The molecule has 1 aromatic heterocycles. The fourth-order valence-corrected chi connectivity index (χ4v) is 3.15. The summed E-state index contributed by atoms with van der Waals surface area (Å²) in [6.45, 7) is 5.12. The Morgan fingerprint density at radius 3 is 2.53 bits per heavy atom. The van der Waals surface area contributed by atoms with E-state index in [1.54, 1.807) is 20.8 Å². The summed E-state index contributed by atoms with van der Waals surface area (Å²) in [6.07, 6.45) is -0.725. The number of anilines is 1. The van der Waals surface area contributed by atoms with Crippen LogP contribution in [0.2, 0.25) is 0 Å². The maximum absolute atomic E-state index is 11.4. The summed E-state index contributed by atoms with van der Waals surface area (Å²) in [6, 6.07) is 1.45. The maximum atomic E-state index is 11.4. The summed E-state index contributed by atoms with van der Waals surface area (Å²) in [5, 5.41) is 3.86. The third kappa shape index (κ3) is 4.53. The van der Waals surface area contributed by atoms with Crippen molar-refractivity contribution in [3.63, 3.8) is 0 Å². The van der Waals surface area contributed by atoms with Crippen molar-refractivity contribution in [1.29, 1.82) is 0 Å². The molecular weight excluding hydrogens is 286 g/mol. The molecular formula is C9H12ClNO4S2. The Morgan fingerprint density at radius 1 is 1.47 bits per heavy atom. The number of carbonyl (C=O) groups excluding carboxylic acids is 1. The fraction of sp³-hybridized carbons (Fsp3) is 0.444. The number of hydrogen-bond donors (Lipinski definition) is 1. The first kappa shape index (κ1) is 14.3. The molecule has 0 bridgehead atoms. The van der Waals surface area contributed by atoms with Gasteiger partial charge in [-0.25, -0.2) is 13.2 Å². The zero-order valence-corrected chi connectivity index (χ0v) is 11.9. The van der Waals surface area contributed by atoms with Crippen molar-refractivity contribution in [2.75, 3.05) is 5.32 Å². The minimum absolute atomic E-state index is 0.106. The van der Waals surface area contributed by atoms with Crippen molar-refractivity contribution in [2.45, 2.75) is 30.6 Å². The first-order valence-electron chi connectivity index (χ1n) is 4.62. The van der Waals surface area contributed by atoms with Crippen molar-refractivity contribution in [3.05, 3.63) is 11.4 Å². The number of carbonyl (C=O) groups is 1. The fourth-order valence-electron chi connectivity index (χ4n) is 0.990. The minimum Gasteiger partial charge on any atom is -0.444 e. The molecule has 0 saturated heterocycles. The van der Waals surface area contributed by atoms with E-state index in [9.17, 15) is 13.2 Å². The highest BCUT2D eigenvalue weighted by atomic mass is 35.7. The highest BCUT2D eigenvalue weighted by molar-refractivity contribution is 8.15. The zero-order chi connectivity index (χ0) is 13.3. The van der Waals surface area contributed by atoms with Gasteiger partial charge in [0.1, 0.15) is 5.60 Å². The summed E-state index contributed by atoms with van der Waals surface area (Å²) in [4.78, 5) is 11.4. The molecule has 8 heteroatoms. The number of ether oxygens (including phenoxy) is 1. The lowest BCUT2D eigenvalue weighted by molar-refractivity contribution is 0.0635. The Kier molecular flexibility index (Phi) is 4.06. The second-order valence-electron chi connectivity index (χ2n) is 4.19. The molecule has 17 heavy (non-hydrogen) atoms. The van der Waals surface area contributed by atoms with Crippen LogP contribution >= 0.6 is 22.0 Å². The Bertz CT molecular complexity index is 515. The van der Waals surface area contributed by atoms with Gasteiger partial charge in [0.2, 0.25) is 0 Å². The van der Waals surface area contributed by atoms with E-state index in [1.165, 1.54) is 11.4 Å². The van der Waals surface area contributed by atoms with Crippen LogP contribution in [0, 0.1) is 0 Å². The van der Waals surface area contributed by atoms with Crippen molar-refractivity contribution in [3.8, 4) is 0 Å². The van der Waals surface area contributed by atoms with Gasteiger partial charge in [0, 0.05) is 10.7 Å². The average molecular weight is 298 g/mol. The van der Waals surface area contributed by atoms with Gasteiger partial charge in [-0.3, -0.25) is 5.32 Å². The van der Waals surface area contributed by atoms with Crippen LogP contribution in [0.1, 0.15) is 20.8 Å². The van der Waals surface area contributed by atoms with Crippen molar-refractivity contribution in [2.24, 2.45) is 0 Å². The molecule has 0 aliphatic heterocycles. The summed E-state index contributed by atoms with van der Waals surface area (Å²) in [5.74, 6) is 0. The van der Waals surface area contributed by atoms with Crippen LogP contribution in [0.25, 0.3) is 0 Å². The molecule has 0 atom stereocenters. The third-order valence-corrected chi connectivity index (χ3v) is 4.54. The van der Waals surface area contributed by atoms with E-state index in [0.29, 0.717) is 0 Å². The van der Waals surface area contributed by atoms with Gasteiger partial charge in [-0.2, -0.15) is 0 Å². The molecule has 0 fully saturated rings. The number of hydrogen-bond acceptors (Lipinski definition) is 5. The molecule has 1 N–H and O–H groups in total. The van der Waals surface area contributed by atoms with Gasteiger partial charge in [0.05, 0.1) is 5.69 Å². The maximum Gasteiger partial charge on any atom is 0.412 e. The smallest absolute Gasteiger partial charge is 0.412 e. The van der Waals surface area contributed by atoms with Gasteiger partial charge in [-0.15, -0.1) is 11.3 Å². The van der Waals surface area contributed by atoms with Crippen LogP contribution in [0.4, 0.5) is 10.5 Å². The monoisotopic (exact) mass is 297 g/mol. The normalized spacial score (nSPS) is 12.2. The van der Waals surface area contributed by atoms with E-state index in [0.717, 1.165) is 11.3 Å². The Hall–Kier alpha value is -0.790. The molecule has 5 nitrogen and oxygen atoms in total. The molecule has 0 saturated carbocycles. The molecule has 1 heterocycles. The number of thiophene rings is 1. The Morgan fingerprint density at radius 2 is 2.06 bits per heavy atom. The highest BCUT2D eigenvalue weighted by Crippen LogP contribution is 2.30. The average Bonchev–Trinajstić information content (AvgIpc) is 2.46. The molecule has 1 amide bonds. The van der Waals surface area contributed by atoms with E-state index >= 15 is 0 Å². The predicted octanol–water partition coefficient (Wildman–Crippen LogP) is 3.02. The third-order valence-electron chi connectivity index (χ3n) is 1.49. The Balaban J connectivity index is 2.84. The predicted molar refractivity (Wildman–Crippen MR) is 67.2 cm³/mol. The first-order valence-corrected chi connectivity index (χ1v) is 7.80. The number of rotatable bonds is 2. The van der Waals surface area contributed by atoms with Gasteiger partial charge in [-0.05, 0) is 32.2 Å². The largest absolute Gasteiger partial charge is 0.444 e. The van der Waals surface area contributed by atoms with Crippen LogP contribution < -0.4 is 5.32 Å². The van der Waals surface area contributed by atoms with E-state index in [1.807, 2.05) is 0 Å². The van der Waals surface area contributed by atoms with Crippen LogP contribution in [-0.2, 0) is 13.8 Å². The molecule has 0 aliphatic rings. The standard InChI is InChI=1S/C9H12ClNO4S2/c1-9(2,3)15-8(12)11-6-4-5-16-7(6)17(10,13)14/h4-5H,1-3H3,(H,11,12). The lowest BCUT2D eigenvalue weighted by atomic mass is 10.2. The van der Waals surface area contributed by atoms with Crippen LogP contribution in [0.15, 0.2) is 15.7 Å². The molecule has 96 valence electrons. The molecule has 0 spiro atoms. The summed E-state index contributed by atoms with van der Waals surface area (Å²) in [5.41, 5.74) is -0.528. The molecule has 0 radical (unpaired) electrons. The highest BCUT2D eigenvalue weighted by Gasteiger charge is 2.21. The first-order chi connectivity index (χ1) is 7.59. The molecule has 0 unspecified atom stereocenters. The number of nitrogens with one attached hydrogen (secondary N) is 1. The van der Waals surface area contributed by atoms with Gasteiger partial charge < -0.3 is 4.74 Å². The summed E-state index contributed by atoms with van der Waals surface area (Å²) >= 11 is 0.926. The second-order valence-corrected chi connectivity index (χ2v) is 7.86. The molecule has 0 aliphatic carbocycles. The topological polar surface area (TPSA) is 72.5 Å². The van der Waals surface area contributed by atoms with Crippen LogP contribution in [0.3, 0.4) is 0 Å². The second kappa shape index (κ2) is 4.83. The lowest BCUT2D eigenvalue weighted by Crippen LogP contribution is -2.27. The van der Waals surface area contributed by atoms with Crippen LogP contribution in [0.5, 0.6) is 0 Å². The van der Waals surface area contributed by atoms with E-state index in [-0.39, 0.29) is 9.90 Å². The quantitative estimate of drug-likeness (QED) is 0.852. The Labute approximate surface area is 108 Å². The minimum atomic E-state index is -3.86. The van der Waals surface area contributed by atoms with Crippen molar-refractivity contribution in [1.82, 2.24) is 0 Å². The van der Waals surface area contributed by atoms with Gasteiger partial charge in [-0.1, -0.05) is 0 Å². The van der Waals surface area contributed by atoms with Gasteiger partial charge >= 0.3 is 6.09 Å². The lowest BCUT2D eigenvalue weighted by Gasteiger charge is -2.19. The van der Waals surface area contributed by atoms with Crippen LogP contribution in [-0.4, -0.2) is 20.1 Å². The van der Waals surface area contributed by atoms with Crippen molar-refractivity contribution < 1.29 is 17.9 Å². The summed E-state index contributed by atoms with van der Waals surface area (Å²) < 4.78 is 27.2. The molecule has 0 aromatic carbocycles. The SMILES string of the molecule is CC(C)(C)OC(=O)Nc1ccsc1S(=O)(=O)Cl. The van der Waals surface area contributed by atoms with Crippen molar-refractivity contribution >= 4 is 42.9 Å². The number of halogens is 1. The zero-order valence-electron chi connectivity index (χ0n) is 9.48. The van der Waals surface area contributed by atoms with Gasteiger partial charge in [0.25, 0.3) is 9.05 Å². The van der Waals surface area contributed by atoms with Gasteiger partial charge in [0.15, 0.2) is 4.21 Å². The molecule has 1 rings (SSSR count). The summed E-state index contributed by atoms with van der Waals surface area (Å²) in [7, 11) is 1.35. The van der Waals surface area contributed by atoms with E-state index in [4.69, 9.17) is 15.4 Å². The number of amides is 1. The van der Waals surface area contributed by atoms with E-state index < -0.39 is 20.7 Å². The van der Waals surface area contributed by atoms with E-state index in [2.05, 4.69) is 5.32 Å². The molecule has 1 aromatic rings.